The third-order valence-electron chi connectivity index (χ3n) is 6.60. The zero-order valence-corrected chi connectivity index (χ0v) is 25.2. The fourth-order valence-electron chi connectivity index (χ4n) is 4.62. The van der Waals surface area contributed by atoms with E-state index in [2.05, 4.69) is 10.2 Å². The highest BCUT2D eigenvalue weighted by Gasteiger charge is 2.48. The van der Waals surface area contributed by atoms with Gasteiger partial charge in [0.25, 0.3) is 5.78 Å². The molecule has 1 N–H and O–H groups in total. The van der Waals surface area contributed by atoms with Gasteiger partial charge in [0.05, 0.1) is 31.9 Å². The molecule has 0 bridgehead atoms. The number of aliphatic hydroxyl groups excluding tert-OH is 1. The van der Waals surface area contributed by atoms with E-state index in [4.69, 9.17) is 14.2 Å². The minimum absolute atomic E-state index is 0.115. The van der Waals surface area contributed by atoms with Gasteiger partial charge in [-0.2, -0.15) is 0 Å². The summed E-state index contributed by atoms with van der Waals surface area (Å²) in [6, 6.07) is 17.0. The Hall–Kier alpha value is -4.42. The number of benzene rings is 3. The standard InChI is InChI=1S/C31H28FN3O6S2/c1-4-40-21-13-10-18(11-14-21)27(36)25-26(19-12-15-23(41-5-2)24(16-19)39-3)35(29(38)28(25)37)30-33-34-31(43-30)42-17-20-8-6-7-9-22(20)32/h6-16,26,36H,4-5,17H2,1-3H3/b27-25-. The van der Waals surface area contributed by atoms with Gasteiger partial charge < -0.3 is 19.3 Å². The van der Waals surface area contributed by atoms with E-state index in [0.717, 1.165) is 11.3 Å². The molecule has 9 nitrogen and oxygen atoms in total. The normalized spacial score (nSPS) is 16.0. The Bertz CT molecular complexity index is 1670. The van der Waals surface area contributed by atoms with Crippen molar-refractivity contribution in [3.05, 3.63) is 94.8 Å². The van der Waals surface area contributed by atoms with Crippen LogP contribution in [0, 0.1) is 5.82 Å². The molecule has 1 unspecified atom stereocenters. The van der Waals surface area contributed by atoms with Crippen molar-refractivity contribution >= 4 is 45.7 Å². The van der Waals surface area contributed by atoms with Crippen LogP contribution in [-0.2, 0) is 15.3 Å². The van der Waals surface area contributed by atoms with Gasteiger partial charge in [-0.3, -0.25) is 14.5 Å². The van der Waals surface area contributed by atoms with Crippen LogP contribution in [0.15, 0.2) is 76.6 Å². The highest BCUT2D eigenvalue weighted by Crippen LogP contribution is 2.45. The van der Waals surface area contributed by atoms with Gasteiger partial charge in [0.1, 0.15) is 17.3 Å². The molecule has 5 rings (SSSR count). The van der Waals surface area contributed by atoms with Crippen molar-refractivity contribution in [2.75, 3.05) is 25.2 Å². The Labute approximate surface area is 255 Å². The van der Waals surface area contributed by atoms with Crippen molar-refractivity contribution < 1.29 is 33.3 Å². The van der Waals surface area contributed by atoms with Crippen molar-refractivity contribution in [1.29, 1.82) is 0 Å². The molecule has 222 valence electrons. The lowest BCUT2D eigenvalue weighted by molar-refractivity contribution is -0.132. The number of Topliss-reactive ketones (excluding diaryl/α,β-unsaturated/α-hetero) is 1. The fraction of sp³-hybridized carbons (Fsp3) is 0.226. The summed E-state index contributed by atoms with van der Waals surface area (Å²) in [5.74, 6) is -0.639. The molecule has 1 atom stereocenters. The number of hydrogen-bond acceptors (Lipinski definition) is 10. The summed E-state index contributed by atoms with van der Waals surface area (Å²) >= 11 is 2.35. The molecule has 0 aliphatic carbocycles. The third-order valence-corrected chi connectivity index (χ3v) is 8.70. The van der Waals surface area contributed by atoms with Crippen molar-refractivity contribution in [1.82, 2.24) is 10.2 Å². The molecule has 1 amide bonds. The number of carbonyl (C=O) groups excluding carboxylic acids is 2. The molecule has 1 aliphatic heterocycles. The molecule has 1 aliphatic rings. The van der Waals surface area contributed by atoms with Gasteiger partial charge in [-0.15, -0.1) is 10.2 Å². The average molecular weight is 622 g/mol. The Morgan fingerprint density at radius 2 is 1.74 bits per heavy atom. The second-order valence-corrected chi connectivity index (χ2v) is 11.4. The zero-order valence-electron chi connectivity index (χ0n) is 23.6. The van der Waals surface area contributed by atoms with Crippen molar-refractivity contribution in [3.63, 3.8) is 0 Å². The number of carbonyl (C=O) groups is 2. The summed E-state index contributed by atoms with van der Waals surface area (Å²) in [6.45, 7) is 4.58. The topological polar surface area (TPSA) is 111 Å². The smallest absolute Gasteiger partial charge is 0.301 e. The van der Waals surface area contributed by atoms with Crippen molar-refractivity contribution in [2.24, 2.45) is 0 Å². The molecular weight excluding hydrogens is 593 g/mol. The predicted octanol–water partition coefficient (Wildman–Crippen LogP) is 6.40. The first kappa shape index (κ1) is 30.1. The third kappa shape index (κ3) is 6.20. The number of aromatic nitrogens is 2. The first-order valence-corrected chi connectivity index (χ1v) is 15.2. The maximum absolute atomic E-state index is 14.1. The molecular formula is C31H28FN3O6S2. The number of anilines is 1. The van der Waals surface area contributed by atoms with Gasteiger partial charge in [-0.1, -0.05) is 47.4 Å². The van der Waals surface area contributed by atoms with E-state index in [-0.39, 0.29) is 22.3 Å². The number of thioether (sulfide) groups is 1. The summed E-state index contributed by atoms with van der Waals surface area (Å²) in [5, 5.41) is 20.0. The Balaban J connectivity index is 1.57. The van der Waals surface area contributed by atoms with Crippen LogP contribution in [0.25, 0.3) is 5.76 Å². The minimum atomic E-state index is -1.05. The van der Waals surface area contributed by atoms with Crippen LogP contribution >= 0.6 is 23.1 Å². The highest BCUT2D eigenvalue weighted by molar-refractivity contribution is 8.00. The maximum Gasteiger partial charge on any atom is 0.301 e. The largest absolute Gasteiger partial charge is 0.507 e. The minimum Gasteiger partial charge on any atom is -0.507 e. The number of ether oxygens (including phenoxy) is 3. The summed E-state index contributed by atoms with van der Waals surface area (Å²) in [4.78, 5) is 28.4. The first-order chi connectivity index (χ1) is 20.9. The number of nitrogens with zero attached hydrogens (tertiary/aromatic N) is 3. The molecule has 1 aromatic heterocycles. The van der Waals surface area contributed by atoms with Gasteiger partial charge in [0, 0.05) is 11.3 Å². The van der Waals surface area contributed by atoms with Gasteiger partial charge in [-0.25, -0.2) is 4.39 Å². The quantitative estimate of drug-likeness (QED) is 0.0668. The second-order valence-electron chi connectivity index (χ2n) is 9.20. The van der Waals surface area contributed by atoms with Crippen LogP contribution in [0.1, 0.15) is 36.6 Å². The van der Waals surface area contributed by atoms with Gasteiger partial charge in [0.2, 0.25) is 5.13 Å². The molecule has 3 aromatic carbocycles. The monoisotopic (exact) mass is 621 g/mol. The van der Waals surface area contributed by atoms with E-state index in [9.17, 15) is 19.1 Å². The van der Waals surface area contributed by atoms with E-state index < -0.39 is 17.7 Å². The number of ketones is 1. The van der Waals surface area contributed by atoms with Crippen molar-refractivity contribution in [2.45, 2.75) is 30.0 Å². The Kier molecular flexibility index (Phi) is 9.27. The van der Waals surface area contributed by atoms with Crippen LogP contribution in [0.3, 0.4) is 0 Å². The van der Waals surface area contributed by atoms with Gasteiger partial charge in [0.15, 0.2) is 15.8 Å². The number of rotatable bonds is 11. The predicted molar refractivity (Wildman–Crippen MR) is 162 cm³/mol. The number of methoxy groups -OCH3 is 1. The van der Waals surface area contributed by atoms with Crippen molar-refractivity contribution in [3.8, 4) is 17.2 Å². The lowest BCUT2D eigenvalue weighted by atomic mass is 9.95. The van der Waals surface area contributed by atoms with Crippen LogP contribution in [0.5, 0.6) is 17.2 Å². The molecule has 2 heterocycles. The number of aliphatic hydroxyl groups is 1. The van der Waals surface area contributed by atoms with E-state index in [1.807, 2.05) is 13.8 Å². The summed E-state index contributed by atoms with van der Waals surface area (Å²) in [5.41, 5.74) is 1.21. The second kappa shape index (κ2) is 13.3. The zero-order chi connectivity index (χ0) is 30.5. The molecule has 4 aromatic rings. The molecule has 1 saturated heterocycles. The van der Waals surface area contributed by atoms with E-state index in [1.165, 1.54) is 29.8 Å². The van der Waals surface area contributed by atoms with Crippen LogP contribution < -0.4 is 19.1 Å². The Morgan fingerprint density at radius 3 is 2.44 bits per heavy atom. The molecule has 43 heavy (non-hydrogen) atoms. The molecule has 12 heteroatoms. The van der Waals surface area contributed by atoms with E-state index in [1.54, 1.807) is 60.7 Å². The SMILES string of the molecule is CCOc1ccc(/C(O)=C2/C(=O)C(=O)N(c3nnc(SCc4ccccc4F)s3)C2c2ccc(OCC)c(OC)c2)cc1. The van der Waals surface area contributed by atoms with Crippen LogP contribution in [0.2, 0.25) is 0 Å². The molecule has 0 radical (unpaired) electrons. The van der Waals surface area contributed by atoms with Gasteiger partial charge >= 0.3 is 5.91 Å². The lowest BCUT2D eigenvalue weighted by Gasteiger charge is -2.23. The summed E-state index contributed by atoms with van der Waals surface area (Å²) in [7, 11) is 1.49. The summed E-state index contributed by atoms with van der Waals surface area (Å²) in [6.07, 6.45) is 0. The average Bonchev–Trinajstić information content (AvgIpc) is 3.59. The van der Waals surface area contributed by atoms with Gasteiger partial charge in [-0.05, 0) is 67.4 Å². The van der Waals surface area contributed by atoms with E-state index >= 15 is 0 Å². The van der Waals surface area contributed by atoms with E-state index in [0.29, 0.717) is 57.2 Å². The maximum atomic E-state index is 14.1. The fourth-order valence-corrected chi connectivity index (χ4v) is 6.47. The molecule has 0 spiro atoms. The summed E-state index contributed by atoms with van der Waals surface area (Å²) < 4.78 is 31.3. The van der Waals surface area contributed by atoms with Crippen LogP contribution in [-0.4, -0.2) is 47.3 Å². The Morgan fingerprint density at radius 1 is 1.00 bits per heavy atom. The number of amides is 1. The lowest BCUT2D eigenvalue weighted by Crippen LogP contribution is -2.29. The first-order valence-electron chi connectivity index (χ1n) is 13.4. The number of hydrogen-bond donors (Lipinski definition) is 1. The van der Waals surface area contributed by atoms with Crippen LogP contribution in [0.4, 0.5) is 9.52 Å². The number of halogens is 1. The molecule has 1 fully saturated rings. The highest BCUT2D eigenvalue weighted by atomic mass is 32.2. The molecule has 0 saturated carbocycles.